The molecule has 1 amide bonds. The summed E-state index contributed by atoms with van der Waals surface area (Å²) in [7, 11) is 0. The Balaban J connectivity index is 1.99. The molecule has 9 nitrogen and oxygen atoms in total. The standard InChI is InChI=1S/C15H15N7O2S/c1-8(6-23)22(17)15-18-5-10(13(16)24)14(21-15)20-9-2-3-12-11(4-9)19-7-25-12/h2-8H,17H2,1H3,(H2,16,24)(H,18,20,21). The van der Waals surface area contributed by atoms with Crippen LogP contribution in [-0.4, -0.2) is 33.2 Å². The number of thiazole rings is 1. The molecule has 0 bridgehead atoms. The highest BCUT2D eigenvalue weighted by atomic mass is 32.1. The average Bonchev–Trinajstić information content (AvgIpc) is 3.07. The molecule has 128 valence electrons. The van der Waals surface area contributed by atoms with Gasteiger partial charge < -0.3 is 15.8 Å². The lowest BCUT2D eigenvalue weighted by atomic mass is 10.2. The Hall–Kier alpha value is -3.11. The zero-order valence-electron chi connectivity index (χ0n) is 13.2. The first-order chi connectivity index (χ1) is 12.0. The predicted molar refractivity (Wildman–Crippen MR) is 95.6 cm³/mol. The van der Waals surface area contributed by atoms with E-state index in [2.05, 4.69) is 20.3 Å². The first-order valence-electron chi connectivity index (χ1n) is 7.26. The Morgan fingerprint density at radius 1 is 1.40 bits per heavy atom. The molecule has 0 fully saturated rings. The molecule has 0 radical (unpaired) electrons. The van der Waals surface area contributed by atoms with Gasteiger partial charge in [-0.15, -0.1) is 11.3 Å². The van der Waals surface area contributed by atoms with Gasteiger partial charge in [0, 0.05) is 11.9 Å². The number of hydrogen-bond donors (Lipinski definition) is 3. The van der Waals surface area contributed by atoms with Gasteiger partial charge in [-0.05, 0) is 25.1 Å². The molecule has 0 saturated heterocycles. The van der Waals surface area contributed by atoms with E-state index in [0.29, 0.717) is 12.0 Å². The number of fused-ring (bicyclic) bond motifs is 1. The summed E-state index contributed by atoms with van der Waals surface area (Å²) < 4.78 is 1.04. The molecule has 0 aliphatic rings. The number of carbonyl (C=O) groups is 2. The molecule has 2 aromatic heterocycles. The van der Waals surface area contributed by atoms with Crippen molar-refractivity contribution in [2.45, 2.75) is 13.0 Å². The smallest absolute Gasteiger partial charge is 0.254 e. The van der Waals surface area contributed by atoms with Gasteiger partial charge in [0.25, 0.3) is 5.91 Å². The van der Waals surface area contributed by atoms with E-state index in [1.807, 2.05) is 18.2 Å². The van der Waals surface area contributed by atoms with Gasteiger partial charge >= 0.3 is 0 Å². The van der Waals surface area contributed by atoms with Gasteiger partial charge in [0.2, 0.25) is 5.95 Å². The second kappa shape index (κ2) is 6.79. The molecular formula is C15H15N7O2S. The van der Waals surface area contributed by atoms with Crippen molar-refractivity contribution in [1.29, 1.82) is 0 Å². The van der Waals surface area contributed by atoms with Gasteiger partial charge in [0.15, 0.2) is 0 Å². The molecule has 0 aliphatic carbocycles. The number of anilines is 3. The lowest BCUT2D eigenvalue weighted by Gasteiger charge is -2.20. The summed E-state index contributed by atoms with van der Waals surface area (Å²) in [5, 5.41) is 4.13. The van der Waals surface area contributed by atoms with Crippen LogP contribution in [0.1, 0.15) is 17.3 Å². The van der Waals surface area contributed by atoms with Crippen molar-refractivity contribution in [2.24, 2.45) is 11.6 Å². The minimum atomic E-state index is -0.684. The molecule has 3 aromatic rings. The Labute approximate surface area is 146 Å². The van der Waals surface area contributed by atoms with Crippen molar-refractivity contribution in [1.82, 2.24) is 15.0 Å². The van der Waals surface area contributed by atoms with E-state index < -0.39 is 11.9 Å². The highest BCUT2D eigenvalue weighted by molar-refractivity contribution is 7.16. The molecular weight excluding hydrogens is 342 g/mol. The number of hydrogen-bond acceptors (Lipinski definition) is 9. The monoisotopic (exact) mass is 357 g/mol. The first-order valence-corrected chi connectivity index (χ1v) is 8.14. The van der Waals surface area contributed by atoms with Crippen LogP contribution in [0.25, 0.3) is 10.2 Å². The van der Waals surface area contributed by atoms with Crippen LogP contribution in [0.5, 0.6) is 0 Å². The van der Waals surface area contributed by atoms with Crippen molar-refractivity contribution in [3.63, 3.8) is 0 Å². The third-order valence-electron chi connectivity index (χ3n) is 3.50. The maximum Gasteiger partial charge on any atom is 0.254 e. The fourth-order valence-corrected chi connectivity index (χ4v) is 2.75. The van der Waals surface area contributed by atoms with Crippen molar-refractivity contribution >= 4 is 51.2 Å². The highest BCUT2D eigenvalue weighted by Gasteiger charge is 2.17. The highest BCUT2D eigenvalue weighted by Crippen LogP contribution is 2.25. The number of aromatic nitrogens is 3. The summed E-state index contributed by atoms with van der Waals surface area (Å²) in [5.41, 5.74) is 8.74. The number of aldehydes is 1. The Kier molecular flexibility index (Phi) is 4.55. The van der Waals surface area contributed by atoms with Gasteiger partial charge in [-0.1, -0.05) is 0 Å². The molecule has 3 rings (SSSR count). The normalized spacial score (nSPS) is 11.9. The van der Waals surface area contributed by atoms with E-state index in [1.54, 1.807) is 12.4 Å². The molecule has 1 atom stereocenters. The number of primary amides is 1. The van der Waals surface area contributed by atoms with E-state index in [4.69, 9.17) is 11.6 Å². The largest absolute Gasteiger partial charge is 0.365 e. The number of rotatable bonds is 6. The third kappa shape index (κ3) is 3.39. The van der Waals surface area contributed by atoms with Gasteiger partial charge in [-0.25, -0.2) is 15.8 Å². The van der Waals surface area contributed by atoms with E-state index in [9.17, 15) is 9.59 Å². The van der Waals surface area contributed by atoms with Crippen LogP contribution >= 0.6 is 11.3 Å². The predicted octanol–water partition coefficient (Wildman–Crippen LogP) is 1.20. The summed E-state index contributed by atoms with van der Waals surface area (Å²) in [4.78, 5) is 35.0. The second-order valence-electron chi connectivity index (χ2n) is 5.24. The van der Waals surface area contributed by atoms with E-state index in [1.165, 1.54) is 17.5 Å². The van der Waals surface area contributed by atoms with Gasteiger partial charge in [-0.2, -0.15) is 4.98 Å². The van der Waals surface area contributed by atoms with Crippen LogP contribution in [0, 0.1) is 0 Å². The van der Waals surface area contributed by atoms with E-state index in [0.717, 1.165) is 15.2 Å². The third-order valence-corrected chi connectivity index (χ3v) is 4.31. The molecule has 1 unspecified atom stereocenters. The fraction of sp³-hybridized carbons (Fsp3) is 0.133. The van der Waals surface area contributed by atoms with Crippen LogP contribution in [0.2, 0.25) is 0 Å². The minimum Gasteiger partial charge on any atom is -0.365 e. The SMILES string of the molecule is CC(C=O)N(N)c1ncc(C(N)=O)c(Nc2ccc3scnc3c2)n1. The fourth-order valence-electron chi connectivity index (χ4n) is 2.09. The van der Waals surface area contributed by atoms with Crippen LogP contribution < -0.4 is 21.9 Å². The lowest BCUT2D eigenvalue weighted by Crippen LogP contribution is -2.41. The minimum absolute atomic E-state index is 0.0850. The molecule has 5 N–H and O–H groups in total. The molecule has 0 spiro atoms. The number of hydrazine groups is 1. The Morgan fingerprint density at radius 3 is 2.92 bits per heavy atom. The number of nitrogens with two attached hydrogens (primary N) is 2. The summed E-state index contributed by atoms with van der Waals surface area (Å²) in [5.74, 6) is 5.42. The maximum absolute atomic E-state index is 11.6. The van der Waals surface area contributed by atoms with Crippen molar-refractivity contribution in [3.8, 4) is 0 Å². The Bertz CT molecular complexity index is 943. The number of carbonyl (C=O) groups excluding carboxylic acids is 2. The second-order valence-corrected chi connectivity index (χ2v) is 6.13. The summed E-state index contributed by atoms with van der Waals surface area (Å²) >= 11 is 1.53. The number of nitrogens with zero attached hydrogens (tertiary/aromatic N) is 4. The molecule has 1 aromatic carbocycles. The molecule has 0 saturated carbocycles. The maximum atomic E-state index is 11.6. The van der Waals surface area contributed by atoms with Gasteiger partial charge in [-0.3, -0.25) is 9.80 Å². The zero-order chi connectivity index (χ0) is 18.0. The van der Waals surface area contributed by atoms with Crippen molar-refractivity contribution in [2.75, 3.05) is 10.3 Å². The van der Waals surface area contributed by atoms with Crippen LogP contribution in [-0.2, 0) is 4.79 Å². The van der Waals surface area contributed by atoms with Crippen LogP contribution in [0.4, 0.5) is 17.5 Å². The summed E-state index contributed by atoms with van der Waals surface area (Å²) in [6, 6.07) is 4.94. The van der Waals surface area contributed by atoms with Crippen molar-refractivity contribution in [3.05, 3.63) is 35.5 Å². The van der Waals surface area contributed by atoms with Crippen molar-refractivity contribution < 1.29 is 9.59 Å². The molecule has 2 heterocycles. The van der Waals surface area contributed by atoms with Gasteiger partial charge in [0.05, 0.1) is 15.7 Å². The number of benzene rings is 1. The van der Waals surface area contributed by atoms with E-state index in [-0.39, 0.29) is 17.3 Å². The first kappa shape index (κ1) is 16.7. The van der Waals surface area contributed by atoms with E-state index >= 15 is 0 Å². The average molecular weight is 357 g/mol. The molecule has 0 aliphatic heterocycles. The topological polar surface area (TPSA) is 140 Å². The number of nitrogens with one attached hydrogen (secondary N) is 1. The Morgan fingerprint density at radius 2 is 2.20 bits per heavy atom. The van der Waals surface area contributed by atoms with Gasteiger partial charge in [0.1, 0.15) is 23.7 Å². The number of amides is 1. The molecule has 25 heavy (non-hydrogen) atoms. The molecule has 10 heteroatoms. The lowest BCUT2D eigenvalue weighted by molar-refractivity contribution is -0.108. The quantitative estimate of drug-likeness (QED) is 0.339. The van der Waals surface area contributed by atoms with Crippen LogP contribution in [0.3, 0.4) is 0 Å². The summed E-state index contributed by atoms with van der Waals surface area (Å²) in [6.45, 7) is 1.60. The zero-order valence-corrected chi connectivity index (χ0v) is 14.0. The van der Waals surface area contributed by atoms with Crippen LogP contribution in [0.15, 0.2) is 29.9 Å². The summed E-state index contributed by atoms with van der Waals surface area (Å²) in [6.07, 6.45) is 1.93.